The van der Waals surface area contributed by atoms with E-state index in [0.717, 1.165) is 6.42 Å². The minimum Gasteiger partial charge on any atom is -0.126 e. The Kier molecular flexibility index (Phi) is 4.19. The van der Waals surface area contributed by atoms with Gasteiger partial charge in [0.15, 0.2) is 0 Å². The van der Waals surface area contributed by atoms with Crippen molar-refractivity contribution in [2.24, 2.45) is 5.41 Å². The second-order valence-corrected chi connectivity index (χ2v) is 5.77. The Balaban J connectivity index is 2.49. The predicted molar refractivity (Wildman–Crippen MR) is 81.4 cm³/mol. The SMILES string of the molecule is Cc1cccc(C2=CC(CCl)=CCC2(C)CCl)c1. The molecule has 1 aromatic carbocycles. The molecule has 0 amide bonds. The van der Waals surface area contributed by atoms with Crippen LogP contribution >= 0.6 is 23.2 Å². The van der Waals surface area contributed by atoms with Crippen molar-refractivity contribution in [1.82, 2.24) is 0 Å². The second-order valence-electron chi connectivity index (χ2n) is 5.24. The molecule has 1 unspecified atom stereocenters. The standard InChI is InChI=1S/C16H18Cl2/c1-12-4-3-5-14(8-12)15-9-13(10-17)6-7-16(15,2)11-18/h3-6,8-9H,7,10-11H2,1-2H3. The van der Waals surface area contributed by atoms with E-state index in [1.54, 1.807) is 0 Å². The molecule has 1 aliphatic rings. The Hall–Kier alpha value is -0.720. The number of aryl methyl sites for hydroxylation is 1. The molecule has 0 fully saturated rings. The van der Waals surface area contributed by atoms with Crippen LogP contribution in [0.1, 0.15) is 24.5 Å². The second kappa shape index (κ2) is 5.50. The van der Waals surface area contributed by atoms with Gasteiger partial charge < -0.3 is 0 Å². The van der Waals surface area contributed by atoms with Crippen molar-refractivity contribution < 1.29 is 0 Å². The number of hydrogen-bond donors (Lipinski definition) is 0. The first-order valence-corrected chi connectivity index (χ1v) is 7.26. The molecule has 1 aliphatic carbocycles. The first kappa shape index (κ1) is 13.7. The Morgan fingerprint density at radius 1 is 1.28 bits per heavy atom. The van der Waals surface area contributed by atoms with E-state index in [1.807, 2.05) is 0 Å². The van der Waals surface area contributed by atoms with Crippen LogP contribution in [0.15, 0.2) is 42.0 Å². The average molecular weight is 281 g/mol. The first-order valence-electron chi connectivity index (χ1n) is 6.19. The smallest absolute Gasteiger partial charge is 0.0471 e. The van der Waals surface area contributed by atoms with Gasteiger partial charge in [-0.25, -0.2) is 0 Å². The molecule has 1 atom stereocenters. The lowest BCUT2D eigenvalue weighted by Crippen LogP contribution is -2.22. The molecular weight excluding hydrogens is 263 g/mol. The lowest BCUT2D eigenvalue weighted by atomic mass is 9.73. The molecule has 0 aliphatic heterocycles. The summed E-state index contributed by atoms with van der Waals surface area (Å²) < 4.78 is 0. The number of rotatable bonds is 3. The first-order chi connectivity index (χ1) is 8.59. The van der Waals surface area contributed by atoms with Crippen molar-refractivity contribution >= 4 is 28.8 Å². The van der Waals surface area contributed by atoms with E-state index in [0.29, 0.717) is 11.8 Å². The van der Waals surface area contributed by atoms with E-state index in [2.05, 4.69) is 50.3 Å². The van der Waals surface area contributed by atoms with Gasteiger partial charge in [-0.3, -0.25) is 0 Å². The van der Waals surface area contributed by atoms with E-state index in [-0.39, 0.29) is 5.41 Å². The van der Waals surface area contributed by atoms with E-state index < -0.39 is 0 Å². The zero-order valence-electron chi connectivity index (χ0n) is 10.8. The predicted octanol–water partition coefficient (Wildman–Crippen LogP) is 5.19. The van der Waals surface area contributed by atoms with Gasteiger partial charge in [0.05, 0.1) is 0 Å². The molecule has 1 aromatic rings. The van der Waals surface area contributed by atoms with E-state index in [1.165, 1.54) is 22.3 Å². The molecule has 0 saturated heterocycles. The molecule has 0 aromatic heterocycles. The summed E-state index contributed by atoms with van der Waals surface area (Å²) >= 11 is 12.1. The minimum absolute atomic E-state index is 0.00487. The van der Waals surface area contributed by atoms with Crippen molar-refractivity contribution in [3.63, 3.8) is 0 Å². The summed E-state index contributed by atoms with van der Waals surface area (Å²) in [6, 6.07) is 8.58. The average Bonchev–Trinajstić information content (AvgIpc) is 2.39. The lowest BCUT2D eigenvalue weighted by molar-refractivity contribution is 0.511. The summed E-state index contributed by atoms with van der Waals surface area (Å²) in [6.45, 7) is 4.33. The molecule has 0 bridgehead atoms. The van der Waals surface area contributed by atoms with E-state index >= 15 is 0 Å². The van der Waals surface area contributed by atoms with Crippen LogP contribution in [0.25, 0.3) is 5.57 Å². The van der Waals surface area contributed by atoms with Crippen LogP contribution in [0.2, 0.25) is 0 Å². The Morgan fingerprint density at radius 3 is 2.67 bits per heavy atom. The van der Waals surface area contributed by atoms with Gasteiger partial charge >= 0.3 is 0 Å². The Morgan fingerprint density at radius 2 is 2.06 bits per heavy atom. The maximum Gasteiger partial charge on any atom is 0.0471 e. The zero-order chi connectivity index (χ0) is 13.2. The van der Waals surface area contributed by atoms with Crippen molar-refractivity contribution in [2.45, 2.75) is 20.3 Å². The van der Waals surface area contributed by atoms with Gasteiger partial charge in [0.25, 0.3) is 0 Å². The fourth-order valence-electron chi connectivity index (χ4n) is 2.35. The maximum atomic E-state index is 6.19. The molecule has 0 saturated carbocycles. The third kappa shape index (κ3) is 2.65. The van der Waals surface area contributed by atoms with Crippen molar-refractivity contribution in [1.29, 1.82) is 0 Å². The number of alkyl halides is 2. The molecule has 2 rings (SSSR count). The summed E-state index contributed by atoms with van der Waals surface area (Å²) in [5, 5.41) is 0. The van der Waals surface area contributed by atoms with Crippen molar-refractivity contribution in [2.75, 3.05) is 11.8 Å². The molecule has 0 heterocycles. The molecule has 2 heteroatoms. The van der Waals surface area contributed by atoms with E-state index in [4.69, 9.17) is 23.2 Å². The Labute approximate surface area is 119 Å². The molecule has 0 radical (unpaired) electrons. The van der Waals surface area contributed by atoms with Crippen LogP contribution in [0.3, 0.4) is 0 Å². The van der Waals surface area contributed by atoms with Gasteiger partial charge in [-0.1, -0.05) is 48.9 Å². The van der Waals surface area contributed by atoms with Gasteiger partial charge in [0, 0.05) is 17.2 Å². The fraction of sp³-hybridized carbons (Fsp3) is 0.375. The van der Waals surface area contributed by atoms with Gasteiger partial charge in [-0.05, 0) is 30.1 Å². The third-order valence-corrected chi connectivity index (χ3v) is 4.47. The van der Waals surface area contributed by atoms with Crippen LogP contribution < -0.4 is 0 Å². The summed E-state index contributed by atoms with van der Waals surface area (Å²) in [7, 11) is 0. The summed E-state index contributed by atoms with van der Waals surface area (Å²) in [6.07, 6.45) is 5.36. The van der Waals surface area contributed by atoms with Crippen LogP contribution in [0, 0.1) is 12.3 Å². The van der Waals surface area contributed by atoms with Gasteiger partial charge in [-0.15, -0.1) is 23.2 Å². The van der Waals surface area contributed by atoms with Crippen LogP contribution in [0.4, 0.5) is 0 Å². The number of hydrogen-bond acceptors (Lipinski definition) is 0. The highest BCUT2D eigenvalue weighted by Crippen LogP contribution is 2.43. The largest absolute Gasteiger partial charge is 0.126 e. The molecule has 18 heavy (non-hydrogen) atoms. The molecule has 0 nitrogen and oxygen atoms in total. The quantitative estimate of drug-likeness (QED) is 0.669. The molecular formula is C16H18Cl2. The van der Waals surface area contributed by atoms with Gasteiger partial charge in [0.2, 0.25) is 0 Å². The highest BCUT2D eigenvalue weighted by Gasteiger charge is 2.30. The van der Waals surface area contributed by atoms with Crippen LogP contribution in [-0.2, 0) is 0 Å². The minimum atomic E-state index is 0.00487. The molecule has 0 spiro atoms. The highest BCUT2D eigenvalue weighted by atomic mass is 35.5. The lowest BCUT2D eigenvalue weighted by Gasteiger charge is -2.33. The fourth-order valence-corrected chi connectivity index (χ4v) is 2.79. The van der Waals surface area contributed by atoms with Crippen LogP contribution in [0.5, 0.6) is 0 Å². The topological polar surface area (TPSA) is 0 Å². The summed E-state index contributed by atoms with van der Waals surface area (Å²) in [5.41, 5.74) is 5.03. The van der Waals surface area contributed by atoms with Gasteiger partial charge in [0.1, 0.15) is 0 Å². The Bertz CT molecular complexity index is 500. The van der Waals surface area contributed by atoms with E-state index in [9.17, 15) is 0 Å². The highest BCUT2D eigenvalue weighted by molar-refractivity contribution is 6.20. The normalized spacial score (nSPS) is 23.6. The molecule has 0 N–H and O–H groups in total. The van der Waals surface area contributed by atoms with Crippen LogP contribution in [-0.4, -0.2) is 11.8 Å². The maximum absolute atomic E-state index is 6.19. The zero-order valence-corrected chi connectivity index (χ0v) is 12.4. The summed E-state index contributed by atoms with van der Waals surface area (Å²) in [5.74, 6) is 1.19. The number of allylic oxidation sites excluding steroid dienone is 4. The molecule has 96 valence electrons. The van der Waals surface area contributed by atoms with Crippen molar-refractivity contribution in [3.05, 3.63) is 53.1 Å². The van der Waals surface area contributed by atoms with Crippen molar-refractivity contribution in [3.8, 4) is 0 Å². The van der Waals surface area contributed by atoms with Gasteiger partial charge in [-0.2, -0.15) is 0 Å². The number of benzene rings is 1. The summed E-state index contributed by atoms with van der Waals surface area (Å²) in [4.78, 5) is 0. The monoisotopic (exact) mass is 280 g/mol. The number of halogens is 2. The third-order valence-electron chi connectivity index (χ3n) is 3.57.